The van der Waals surface area contributed by atoms with Crippen LogP contribution in [0.3, 0.4) is 0 Å². The zero-order valence-electron chi connectivity index (χ0n) is 13.5. The lowest BCUT2D eigenvalue weighted by Crippen LogP contribution is -2.52. The van der Waals surface area contributed by atoms with Crippen molar-refractivity contribution in [3.63, 3.8) is 0 Å². The number of nitriles is 1. The van der Waals surface area contributed by atoms with E-state index < -0.39 is 0 Å². The predicted molar refractivity (Wildman–Crippen MR) is 87.9 cm³/mol. The van der Waals surface area contributed by atoms with Crippen molar-refractivity contribution in [1.82, 2.24) is 9.80 Å². The van der Waals surface area contributed by atoms with E-state index in [-0.39, 0.29) is 17.9 Å². The van der Waals surface area contributed by atoms with Gasteiger partial charge in [-0.1, -0.05) is 32.0 Å². The van der Waals surface area contributed by atoms with E-state index in [1.54, 1.807) is 6.07 Å². The van der Waals surface area contributed by atoms with Crippen molar-refractivity contribution in [1.29, 1.82) is 5.26 Å². The van der Waals surface area contributed by atoms with Crippen LogP contribution < -0.4 is 0 Å². The van der Waals surface area contributed by atoms with Crippen molar-refractivity contribution >= 4 is 16.9 Å². The normalized spacial score (nSPS) is 17.4. The van der Waals surface area contributed by atoms with E-state index in [9.17, 15) is 10.1 Å². The largest absolute Gasteiger partial charge is 0.451 e. The maximum Gasteiger partial charge on any atom is 0.289 e. The van der Waals surface area contributed by atoms with E-state index in [1.165, 1.54) is 0 Å². The van der Waals surface area contributed by atoms with Gasteiger partial charge in [0.25, 0.3) is 5.91 Å². The number of carbonyl (C=O) groups excluding carboxylic acids is 1. The molecule has 2 heterocycles. The quantitative estimate of drug-likeness (QED) is 0.874. The minimum Gasteiger partial charge on any atom is -0.451 e. The van der Waals surface area contributed by atoms with Crippen LogP contribution in [0.2, 0.25) is 0 Å². The molecular weight excluding hydrogens is 290 g/mol. The zero-order chi connectivity index (χ0) is 16.4. The number of benzene rings is 1. The Labute approximate surface area is 136 Å². The third kappa shape index (κ3) is 3.08. The maximum absolute atomic E-state index is 12.6. The highest BCUT2D eigenvalue weighted by Crippen LogP contribution is 2.21. The molecule has 0 aliphatic carbocycles. The highest BCUT2D eigenvalue weighted by atomic mass is 16.3. The third-order valence-electron chi connectivity index (χ3n) is 4.39. The van der Waals surface area contributed by atoms with Crippen LogP contribution in [-0.4, -0.2) is 47.9 Å². The molecule has 1 unspecified atom stereocenters. The number of rotatable bonds is 3. The Balaban J connectivity index is 1.67. The van der Waals surface area contributed by atoms with Crippen LogP contribution in [0, 0.1) is 17.2 Å². The molecule has 1 aromatic carbocycles. The summed E-state index contributed by atoms with van der Waals surface area (Å²) in [6.07, 6.45) is 0. The second-order valence-electron chi connectivity index (χ2n) is 6.29. The number of hydrogen-bond acceptors (Lipinski definition) is 4. The standard InChI is InChI=1S/C18H21N3O2/c1-13(2)15(12-19)20-7-9-21(10-8-20)18(22)17-11-14-5-3-4-6-16(14)23-17/h3-6,11,13,15H,7-10H2,1-2H3. The average Bonchev–Trinajstić information content (AvgIpc) is 2.99. The minimum atomic E-state index is -0.0848. The summed E-state index contributed by atoms with van der Waals surface area (Å²) >= 11 is 0. The smallest absolute Gasteiger partial charge is 0.289 e. The van der Waals surface area contributed by atoms with E-state index in [2.05, 4.69) is 24.8 Å². The topological polar surface area (TPSA) is 60.5 Å². The molecule has 23 heavy (non-hydrogen) atoms. The molecule has 1 saturated heterocycles. The zero-order valence-corrected chi connectivity index (χ0v) is 13.5. The molecule has 1 aliphatic heterocycles. The van der Waals surface area contributed by atoms with Gasteiger partial charge < -0.3 is 9.32 Å². The fourth-order valence-corrected chi connectivity index (χ4v) is 3.10. The first kappa shape index (κ1) is 15.6. The summed E-state index contributed by atoms with van der Waals surface area (Å²) in [5.41, 5.74) is 0.735. The molecular formula is C18H21N3O2. The van der Waals surface area contributed by atoms with Crippen molar-refractivity contribution < 1.29 is 9.21 Å². The van der Waals surface area contributed by atoms with Crippen LogP contribution in [0.15, 0.2) is 34.7 Å². The molecule has 120 valence electrons. The first-order valence-corrected chi connectivity index (χ1v) is 8.01. The van der Waals surface area contributed by atoms with Gasteiger partial charge in [-0.05, 0) is 18.1 Å². The molecule has 1 amide bonds. The van der Waals surface area contributed by atoms with Gasteiger partial charge in [0, 0.05) is 31.6 Å². The maximum atomic E-state index is 12.6. The van der Waals surface area contributed by atoms with Gasteiger partial charge in [-0.25, -0.2) is 0 Å². The highest BCUT2D eigenvalue weighted by molar-refractivity contribution is 5.96. The molecule has 0 spiro atoms. The van der Waals surface area contributed by atoms with Crippen molar-refractivity contribution in [2.24, 2.45) is 5.92 Å². The number of carbonyl (C=O) groups is 1. The number of hydrogen-bond donors (Lipinski definition) is 0. The van der Waals surface area contributed by atoms with Crippen molar-refractivity contribution in [3.05, 3.63) is 36.1 Å². The number of nitrogens with zero attached hydrogens (tertiary/aromatic N) is 3. The predicted octanol–water partition coefficient (Wildman–Crippen LogP) is 2.74. The number of furan rings is 1. The Bertz CT molecular complexity index is 703. The summed E-state index contributed by atoms with van der Waals surface area (Å²) in [6.45, 7) is 6.81. The number of amides is 1. The molecule has 0 saturated carbocycles. The van der Waals surface area contributed by atoms with Gasteiger partial charge in [-0.2, -0.15) is 5.26 Å². The molecule has 2 aromatic rings. The minimum absolute atomic E-state index is 0.0705. The van der Waals surface area contributed by atoms with Crippen LogP contribution in [0.25, 0.3) is 11.0 Å². The first-order chi connectivity index (χ1) is 11.1. The molecule has 5 heteroatoms. The van der Waals surface area contributed by atoms with E-state index in [1.807, 2.05) is 29.2 Å². The van der Waals surface area contributed by atoms with Crippen molar-refractivity contribution in [2.75, 3.05) is 26.2 Å². The van der Waals surface area contributed by atoms with Gasteiger partial charge in [0.2, 0.25) is 0 Å². The summed E-state index contributed by atoms with van der Waals surface area (Å²) in [5.74, 6) is 0.608. The molecule has 0 N–H and O–H groups in total. The van der Waals surface area contributed by atoms with E-state index in [4.69, 9.17) is 4.42 Å². The summed E-state index contributed by atoms with van der Waals surface area (Å²) in [4.78, 5) is 16.6. The summed E-state index contributed by atoms with van der Waals surface area (Å²) in [6, 6.07) is 11.7. The van der Waals surface area contributed by atoms with Gasteiger partial charge in [0.15, 0.2) is 5.76 Å². The van der Waals surface area contributed by atoms with Crippen molar-refractivity contribution in [3.8, 4) is 6.07 Å². The van der Waals surface area contributed by atoms with Gasteiger partial charge in [0.05, 0.1) is 6.07 Å². The van der Waals surface area contributed by atoms with Crippen LogP contribution in [-0.2, 0) is 0 Å². The molecule has 0 radical (unpaired) electrons. The van der Waals surface area contributed by atoms with Gasteiger partial charge >= 0.3 is 0 Å². The number of para-hydroxylation sites is 1. The second kappa shape index (κ2) is 6.43. The molecule has 1 atom stereocenters. The highest BCUT2D eigenvalue weighted by Gasteiger charge is 2.29. The van der Waals surface area contributed by atoms with Crippen LogP contribution in [0.4, 0.5) is 0 Å². The van der Waals surface area contributed by atoms with Gasteiger partial charge in [-0.3, -0.25) is 9.69 Å². The first-order valence-electron chi connectivity index (χ1n) is 8.01. The van der Waals surface area contributed by atoms with Gasteiger partial charge in [0.1, 0.15) is 11.6 Å². The molecule has 1 aliphatic rings. The fraction of sp³-hybridized carbons (Fsp3) is 0.444. The van der Waals surface area contributed by atoms with Crippen molar-refractivity contribution in [2.45, 2.75) is 19.9 Å². The molecule has 1 fully saturated rings. The van der Waals surface area contributed by atoms with E-state index in [0.717, 1.165) is 24.1 Å². The lowest BCUT2D eigenvalue weighted by molar-refractivity contribution is 0.0550. The summed E-state index contributed by atoms with van der Waals surface area (Å²) in [7, 11) is 0. The molecule has 0 bridgehead atoms. The van der Waals surface area contributed by atoms with E-state index in [0.29, 0.717) is 18.8 Å². The monoisotopic (exact) mass is 311 g/mol. The van der Waals surface area contributed by atoms with Crippen LogP contribution in [0.1, 0.15) is 24.4 Å². The Kier molecular flexibility index (Phi) is 4.35. The molecule has 3 rings (SSSR count). The lowest BCUT2D eigenvalue weighted by atomic mass is 10.0. The Hall–Kier alpha value is -2.32. The second-order valence-corrected chi connectivity index (χ2v) is 6.29. The van der Waals surface area contributed by atoms with E-state index >= 15 is 0 Å². The molecule has 5 nitrogen and oxygen atoms in total. The summed E-state index contributed by atoms with van der Waals surface area (Å²) in [5, 5.41) is 10.2. The number of piperazine rings is 1. The Morgan fingerprint density at radius 2 is 1.91 bits per heavy atom. The van der Waals surface area contributed by atoms with Crippen LogP contribution in [0.5, 0.6) is 0 Å². The average molecular weight is 311 g/mol. The number of fused-ring (bicyclic) bond motifs is 1. The molecule has 1 aromatic heterocycles. The SMILES string of the molecule is CC(C)C(C#N)N1CCN(C(=O)c2cc3ccccc3o2)CC1. The summed E-state index contributed by atoms with van der Waals surface area (Å²) < 4.78 is 5.66. The lowest BCUT2D eigenvalue weighted by Gasteiger charge is -2.37. The Morgan fingerprint density at radius 3 is 2.52 bits per heavy atom. The fourth-order valence-electron chi connectivity index (χ4n) is 3.10. The Morgan fingerprint density at radius 1 is 1.22 bits per heavy atom. The third-order valence-corrected chi connectivity index (χ3v) is 4.39. The van der Waals surface area contributed by atoms with Crippen LogP contribution >= 0.6 is 0 Å². The van der Waals surface area contributed by atoms with Gasteiger partial charge in [-0.15, -0.1) is 0 Å².